The number of nitrogens with one attached hydrogen (secondary N) is 1. The monoisotopic (exact) mass is 301 g/mol. The van der Waals surface area contributed by atoms with Gasteiger partial charge in [0.15, 0.2) is 11.6 Å². The maximum atomic E-state index is 13.3. The molecule has 0 radical (unpaired) electrons. The summed E-state index contributed by atoms with van der Waals surface area (Å²) in [6.45, 7) is 3.27. The molecule has 0 heterocycles. The predicted octanol–water partition coefficient (Wildman–Crippen LogP) is 1.94. The van der Waals surface area contributed by atoms with Crippen molar-refractivity contribution in [1.29, 1.82) is 0 Å². The number of carboxylic acids is 1. The Bertz CT molecular complexity index is 562. The normalized spacial score (nSPS) is 13.6. The zero-order valence-electron chi connectivity index (χ0n) is 11.7. The summed E-state index contributed by atoms with van der Waals surface area (Å²) in [5.74, 6) is -4.99. The van der Waals surface area contributed by atoms with Gasteiger partial charge in [0, 0.05) is 12.1 Å². The van der Waals surface area contributed by atoms with E-state index in [1.165, 1.54) is 0 Å². The Morgan fingerprint density at radius 2 is 1.76 bits per heavy atom. The van der Waals surface area contributed by atoms with E-state index in [-0.39, 0.29) is 13.0 Å². The first-order chi connectivity index (χ1) is 9.74. The van der Waals surface area contributed by atoms with Gasteiger partial charge in [-0.05, 0) is 31.9 Å². The Hall–Kier alpha value is -2.02. The number of carbonyl (C=O) groups excluding carboxylic acids is 1. The highest BCUT2D eigenvalue weighted by Crippen LogP contribution is 2.19. The molecule has 0 spiro atoms. The second-order valence-corrected chi connectivity index (χ2v) is 4.96. The Kier molecular flexibility index (Phi) is 5.37. The van der Waals surface area contributed by atoms with Gasteiger partial charge in [0.05, 0.1) is 11.1 Å². The molecule has 0 aliphatic carbocycles. The molecular formula is C14H17F2NO4. The van der Waals surface area contributed by atoms with Gasteiger partial charge >= 0.3 is 5.97 Å². The third-order valence-corrected chi connectivity index (χ3v) is 3.39. The molecule has 1 aromatic rings. The zero-order valence-corrected chi connectivity index (χ0v) is 11.7. The number of carboxylic acid groups (broad SMARTS) is 1. The van der Waals surface area contributed by atoms with Gasteiger partial charge in [-0.3, -0.25) is 4.79 Å². The average molecular weight is 301 g/mol. The molecule has 0 fully saturated rings. The molecule has 1 rings (SSSR count). The molecule has 0 aliphatic heterocycles. The van der Waals surface area contributed by atoms with E-state index in [4.69, 9.17) is 10.2 Å². The lowest BCUT2D eigenvalue weighted by Gasteiger charge is -2.29. The average Bonchev–Trinajstić information content (AvgIpc) is 2.41. The fourth-order valence-corrected chi connectivity index (χ4v) is 1.83. The number of aromatic carboxylic acids is 1. The van der Waals surface area contributed by atoms with Crippen LogP contribution in [0.5, 0.6) is 0 Å². The number of benzene rings is 1. The minimum atomic E-state index is -1.53. The predicted molar refractivity (Wildman–Crippen MR) is 71.2 cm³/mol. The first-order valence-corrected chi connectivity index (χ1v) is 6.39. The number of hydrogen-bond donors (Lipinski definition) is 3. The van der Waals surface area contributed by atoms with Crippen molar-refractivity contribution in [3.63, 3.8) is 0 Å². The maximum Gasteiger partial charge on any atom is 0.336 e. The summed E-state index contributed by atoms with van der Waals surface area (Å²) in [7, 11) is 0. The van der Waals surface area contributed by atoms with Crippen molar-refractivity contribution in [2.75, 3.05) is 6.61 Å². The summed E-state index contributed by atoms with van der Waals surface area (Å²) in [6, 6.07) is 1.03. The van der Waals surface area contributed by atoms with Crippen molar-refractivity contribution >= 4 is 11.9 Å². The van der Waals surface area contributed by atoms with Crippen LogP contribution in [0, 0.1) is 11.6 Å². The number of aliphatic hydroxyl groups is 1. The number of rotatable bonds is 6. The molecule has 1 amide bonds. The van der Waals surface area contributed by atoms with Crippen LogP contribution in [0.1, 0.15) is 47.4 Å². The second-order valence-electron chi connectivity index (χ2n) is 4.96. The first kappa shape index (κ1) is 17.0. The van der Waals surface area contributed by atoms with E-state index >= 15 is 0 Å². The Balaban J connectivity index is 3.18. The molecule has 21 heavy (non-hydrogen) atoms. The van der Waals surface area contributed by atoms with Crippen LogP contribution in [0.3, 0.4) is 0 Å². The van der Waals surface area contributed by atoms with E-state index in [0.717, 1.165) is 0 Å². The fraction of sp³-hybridized carbons (Fsp3) is 0.429. The number of carbonyl (C=O) groups is 2. The van der Waals surface area contributed by atoms with Gasteiger partial charge in [-0.15, -0.1) is 0 Å². The molecule has 116 valence electrons. The first-order valence-electron chi connectivity index (χ1n) is 6.39. The van der Waals surface area contributed by atoms with Gasteiger partial charge in [-0.2, -0.15) is 0 Å². The highest BCUT2D eigenvalue weighted by atomic mass is 19.2. The van der Waals surface area contributed by atoms with Crippen LogP contribution in [0.25, 0.3) is 0 Å². The summed E-state index contributed by atoms with van der Waals surface area (Å²) in [4.78, 5) is 23.2. The standard InChI is InChI=1S/C14H17F2NO4/c1-3-14(2,4-5-18)17-12(19)8-6-10(15)11(16)7-9(8)13(20)21/h6-7,18H,3-5H2,1-2H3,(H,17,19)(H,20,21). The van der Waals surface area contributed by atoms with Gasteiger partial charge < -0.3 is 15.5 Å². The minimum absolute atomic E-state index is 0.172. The molecule has 3 N–H and O–H groups in total. The lowest BCUT2D eigenvalue weighted by Crippen LogP contribution is -2.46. The Morgan fingerprint density at radius 3 is 2.19 bits per heavy atom. The number of halogens is 2. The van der Waals surface area contributed by atoms with E-state index in [9.17, 15) is 18.4 Å². The molecule has 1 unspecified atom stereocenters. The van der Waals surface area contributed by atoms with Crippen LogP contribution in [0.15, 0.2) is 12.1 Å². The van der Waals surface area contributed by atoms with E-state index in [2.05, 4.69) is 5.32 Å². The summed E-state index contributed by atoms with van der Waals surface area (Å²) in [6.07, 6.45) is 0.729. The number of amides is 1. The zero-order chi connectivity index (χ0) is 16.2. The lowest BCUT2D eigenvalue weighted by molar-refractivity contribution is 0.0687. The molecule has 7 heteroatoms. The highest BCUT2D eigenvalue weighted by Gasteiger charge is 2.27. The van der Waals surface area contributed by atoms with Crippen LogP contribution < -0.4 is 5.32 Å². The smallest absolute Gasteiger partial charge is 0.336 e. The second kappa shape index (κ2) is 6.62. The quantitative estimate of drug-likeness (QED) is 0.749. The molecule has 0 saturated carbocycles. The third kappa shape index (κ3) is 3.98. The van der Waals surface area contributed by atoms with Crippen molar-refractivity contribution < 1.29 is 28.6 Å². The lowest BCUT2D eigenvalue weighted by atomic mass is 9.94. The van der Waals surface area contributed by atoms with E-state index in [0.29, 0.717) is 18.6 Å². The van der Waals surface area contributed by atoms with Crippen LogP contribution in [-0.4, -0.2) is 34.2 Å². The number of aliphatic hydroxyl groups excluding tert-OH is 1. The Labute approximate surface area is 120 Å². The molecular weight excluding hydrogens is 284 g/mol. The largest absolute Gasteiger partial charge is 0.478 e. The molecule has 0 aliphatic rings. The molecule has 0 bridgehead atoms. The molecule has 1 aromatic carbocycles. The Morgan fingerprint density at radius 1 is 1.24 bits per heavy atom. The van der Waals surface area contributed by atoms with Crippen molar-refractivity contribution in [3.05, 3.63) is 34.9 Å². The summed E-state index contributed by atoms with van der Waals surface area (Å²) in [5.41, 5.74) is -1.85. The van der Waals surface area contributed by atoms with Gasteiger partial charge in [0.25, 0.3) is 5.91 Å². The topological polar surface area (TPSA) is 86.6 Å². The van der Waals surface area contributed by atoms with Crippen LogP contribution >= 0.6 is 0 Å². The fourth-order valence-electron chi connectivity index (χ4n) is 1.83. The van der Waals surface area contributed by atoms with E-state index in [1.807, 2.05) is 0 Å². The van der Waals surface area contributed by atoms with Gasteiger partial charge in [0.2, 0.25) is 0 Å². The summed E-state index contributed by atoms with van der Waals surface area (Å²) >= 11 is 0. The summed E-state index contributed by atoms with van der Waals surface area (Å²) in [5, 5.41) is 20.5. The van der Waals surface area contributed by atoms with Gasteiger partial charge in [-0.1, -0.05) is 6.92 Å². The third-order valence-electron chi connectivity index (χ3n) is 3.39. The molecule has 1 atom stereocenters. The van der Waals surface area contributed by atoms with Gasteiger partial charge in [-0.25, -0.2) is 13.6 Å². The van der Waals surface area contributed by atoms with Crippen LogP contribution in [-0.2, 0) is 0 Å². The minimum Gasteiger partial charge on any atom is -0.478 e. The van der Waals surface area contributed by atoms with Crippen molar-refractivity contribution in [3.8, 4) is 0 Å². The van der Waals surface area contributed by atoms with Crippen LogP contribution in [0.2, 0.25) is 0 Å². The van der Waals surface area contributed by atoms with Crippen molar-refractivity contribution in [2.24, 2.45) is 0 Å². The van der Waals surface area contributed by atoms with Crippen LogP contribution in [0.4, 0.5) is 8.78 Å². The molecule has 0 saturated heterocycles. The van der Waals surface area contributed by atoms with E-state index < -0.39 is 40.2 Å². The SMILES string of the molecule is CCC(C)(CCO)NC(=O)c1cc(F)c(F)cc1C(=O)O. The molecule has 0 aromatic heterocycles. The van der Waals surface area contributed by atoms with E-state index in [1.54, 1.807) is 13.8 Å². The van der Waals surface area contributed by atoms with Crippen molar-refractivity contribution in [2.45, 2.75) is 32.2 Å². The van der Waals surface area contributed by atoms with Gasteiger partial charge in [0.1, 0.15) is 0 Å². The number of hydrogen-bond acceptors (Lipinski definition) is 3. The summed E-state index contributed by atoms with van der Waals surface area (Å²) < 4.78 is 26.4. The maximum absolute atomic E-state index is 13.3. The highest BCUT2D eigenvalue weighted by molar-refractivity contribution is 6.05. The molecule has 5 nitrogen and oxygen atoms in total. The van der Waals surface area contributed by atoms with Crippen molar-refractivity contribution in [1.82, 2.24) is 5.32 Å².